The molecule has 0 radical (unpaired) electrons. The third kappa shape index (κ3) is 48.4. The molecule has 0 amide bonds. The monoisotopic (exact) mass is 869 g/mol. The minimum atomic E-state index is -0.782. The fraction of sp³-hybridized carbons (Fsp3) is 0.804. The largest absolute Gasteiger partial charge is 0.462 e. The third-order valence-corrected chi connectivity index (χ3v) is 11.6. The molecule has 6 nitrogen and oxygen atoms in total. The van der Waals surface area contributed by atoms with Crippen LogP contribution in [0.25, 0.3) is 0 Å². The van der Waals surface area contributed by atoms with E-state index in [1.54, 1.807) is 0 Å². The van der Waals surface area contributed by atoms with E-state index < -0.39 is 6.10 Å². The van der Waals surface area contributed by atoms with E-state index in [0.29, 0.717) is 19.3 Å². The molecule has 6 heteroatoms. The first-order valence-electron chi connectivity index (χ1n) is 26.6. The number of carbonyl (C=O) groups excluding carboxylic acids is 3. The smallest absolute Gasteiger partial charge is 0.306 e. The molecule has 0 saturated carbocycles. The van der Waals surface area contributed by atoms with Crippen molar-refractivity contribution in [1.82, 2.24) is 0 Å². The van der Waals surface area contributed by atoms with Gasteiger partial charge in [-0.15, -0.1) is 0 Å². The van der Waals surface area contributed by atoms with Gasteiger partial charge in [0.1, 0.15) is 13.2 Å². The van der Waals surface area contributed by atoms with Gasteiger partial charge in [0, 0.05) is 19.3 Å². The SMILES string of the molecule is CCCCC/C=C\C/C=C\C/C=C\CCCCCCC(=O)OC[C@H](COC(=O)CCCCCCC/C=C\CCCCCCCC)OC(=O)CCCCCCCCCCCCCC. The van der Waals surface area contributed by atoms with E-state index in [4.69, 9.17) is 14.2 Å². The number of hydrogen-bond donors (Lipinski definition) is 0. The van der Waals surface area contributed by atoms with Gasteiger partial charge in [-0.1, -0.05) is 217 Å². The van der Waals surface area contributed by atoms with Gasteiger partial charge < -0.3 is 14.2 Å². The number of unbranched alkanes of at least 4 members (excludes halogenated alkanes) is 29. The van der Waals surface area contributed by atoms with Gasteiger partial charge in [0.2, 0.25) is 0 Å². The van der Waals surface area contributed by atoms with Gasteiger partial charge in [0.05, 0.1) is 0 Å². The highest BCUT2D eigenvalue weighted by Gasteiger charge is 2.19. The second kappa shape index (κ2) is 51.0. The van der Waals surface area contributed by atoms with Crippen molar-refractivity contribution in [3.63, 3.8) is 0 Å². The Morgan fingerprint density at radius 2 is 0.581 bits per heavy atom. The second-order valence-electron chi connectivity index (χ2n) is 17.8. The lowest BCUT2D eigenvalue weighted by Crippen LogP contribution is -2.30. The minimum Gasteiger partial charge on any atom is -0.462 e. The van der Waals surface area contributed by atoms with Crippen molar-refractivity contribution in [3.05, 3.63) is 48.6 Å². The average molecular weight is 869 g/mol. The first-order chi connectivity index (χ1) is 30.5. The van der Waals surface area contributed by atoms with Crippen LogP contribution >= 0.6 is 0 Å². The summed E-state index contributed by atoms with van der Waals surface area (Å²) >= 11 is 0. The molecule has 0 aromatic carbocycles. The van der Waals surface area contributed by atoms with Crippen LogP contribution < -0.4 is 0 Å². The van der Waals surface area contributed by atoms with Crippen LogP contribution in [0, 0.1) is 0 Å². The van der Waals surface area contributed by atoms with Gasteiger partial charge in [-0.3, -0.25) is 14.4 Å². The summed E-state index contributed by atoms with van der Waals surface area (Å²) < 4.78 is 16.8. The Balaban J connectivity index is 4.39. The van der Waals surface area contributed by atoms with Gasteiger partial charge in [0.25, 0.3) is 0 Å². The van der Waals surface area contributed by atoms with Crippen molar-refractivity contribution in [2.75, 3.05) is 13.2 Å². The quantitative estimate of drug-likeness (QED) is 0.0262. The molecule has 0 spiro atoms. The molecular weight excluding hydrogens is 769 g/mol. The van der Waals surface area contributed by atoms with Gasteiger partial charge >= 0.3 is 17.9 Å². The van der Waals surface area contributed by atoms with Crippen LogP contribution in [0.4, 0.5) is 0 Å². The molecule has 0 aliphatic rings. The molecule has 0 aromatic heterocycles. The van der Waals surface area contributed by atoms with Crippen LogP contribution in [-0.2, 0) is 28.6 Å². The summed E-state index contributed by atoms with van der Waals surface area (Å²) in [4.78, 5) is 38.0. The van der Waals surface area contributed by atoms with Crippen LogP contribution in [-0.4, -0.2) is 37.2 Å². The maximum Gasteiger partial charge on any atom is 0.306 e. The predicted octanol–water partition coefficient (Wildman–Crippen LogP) is 17.5. The predicted molar refractivity (Wildman–Crippen MR) is 265 cm³/mol. The molecule has 0 fully saturated rings. The topological polar surface area (TPSA) is 78.9 Å². The molecule has 0 bridgehead atoms. The molecule has 0 aromatic rings. The molecule has 0 N–H and O–H groups in total. The Bertz CT molecular complexity index is 1090. The zero-order valence-electron chi connectivity index (χ0n) is 41.1. The summed E-state index contributed by atoms with van der Waals surface area (Å²) in [7, 11) is 0. The highest BCUT2D eigenvalue weighted by molar-refractivity contribution is 5.71. The fourth-order valence-electron chi connectivity index (χ4n) is 7.50. The van der Waals surface area contributed by atoms with Crippen LogP contribution in [0.15, 0.2) is 48.6 Å². The van der Waals surface area contributed by atoms with Gasteiger partial charge in [-0.05, 0) is 83.5 Å². The van der Waals surface area contributed by atoms with Crippen molar-refractivity contribution >= 4 is 17.9 Å². The molecule has 0 aliphatic heterocycles. The maximum atomic E-state index is 12.8. The average Bonchev–Trinajstić information content (AvgIpc) is 3.27. The van der Waals surface area contributed by atoms with Crippen LogP contribution in [0.5, 0.6) is 0 Å². The van der Waals surface area contributed by atoms with E-state index in [1.807, 2.05) is 0 Å². The van der Waals surface area contributed by atoms with E-state index >= 15 is 0 Å². The highest BCUT2D eigenvalue weighted by Crippen LogP contribution is 2.15. The minimum absolute atomic E-state index is 0.0825. The molecule has 360 valence electrons. The normalized spacial score (nSPS) is 12.4. The molecular formula is C56H100O6. The number of allylic oxidation sites excluding steroid dienone is 8. The van der Waals surface area contributed by atoms with Crippen molar-refractivity contribution in [3.8, 4) is 0 Å². The summed E-state index contributed by atoms with van der Waals surface area (Å²) in [6.07, 6.45) is 60.9. The van der Waals surface area contributed by atoms with Crippen LogP contribution in [0.2, 0.25) is 0 Å². The molecule has 0 rings (SSSR count). The lowest BCUT2D eigenvalue weighted by molar-refractivity contribution is -0.167. The van der Waals surface area contributed by atoms with Crippen molar-refractivity contribution in [2.24, 2.45) is 0 Å². The Labute approximate surface area is 384 Å². The van der Waals surface area contributed by atoms with Crippen molar-refractivity contribution in [1.29, 1.82) is 0 Å². The van der Waals surface area contributed by atoms with Crippen LogP contribution in [0.3, 0.4) is 0 Å². The number of rotatable bonds is 48. The molecule has 0 aliphatic carbocycles. The standard InChI is InChI=1S/C56H100O6/c1-4-7-10-13-16-19-22-25-27-28-30-32-35-37-40-43-46-49-55(58)61-52-53(62-56(59)50-47-44-41-38-33-24-21-18-15-12-9-6-3)51-60-54(57)48-45-42-39-36-34-31-29-26-23-20-17-14-11-8-5-2/h16,19,25-27,29-30,32,53H,4-15,17-18,20-24,28,31,33-52H2,1-3H3/b19-16-,27-25-,29-26-,32-30-/t53-/m0/s1. The first-order valence-corrected chi connectivity index (χ1v) is 26.6. The molecule has 1 atom stereocenters. The molecule has 62 heavy (non-hydrogen) atoms. The van der Waals surface area contributed by atoms with Crippen molar-refractivity contribution < 1.29 is 28.6 Å². The summed E-state index contributed by atoms with van der Waals surface area (Å²) in [5, 5.41) is 0. The molecule has 0 saturated heterocycles. The Kier molecular flexibility index (Phi) is 48.8. The zero-order chi connectivity index (χ0) is 45.1. The van der Waals surface area contributed by atoms with E-state index in [9.17, 15) is 14.4 Å². The van der Waals surface area contributed by atoms with Gasteiger partial charge in [-0.25, -0.2) is 0 Å². The Morgan fingerprint density at radius 1 is 0.323 bits per heavy atom. The second-order valence-corrected chi connectivity index (χ2v) is 17.8. The molecule has 0 heterocycles. The van der Waals surface area contributed by atoms with Gasteiger partial charge in [-0.2, -0.15) is 0 Å². The number of carbonyl (C=O) groups is 3. The number of hydrogen-bond acceptors (Lipinski definition) is 6. The maximum absolute atomic E-state index is 12.8. The Hall–Kier alpha value is -2.63. The summed E-state index contributed by atoms with van der Waals surface area (Å²) in [6, 6.07) is 0. The van der Waals surface area contributed by atoms with Crippen LogP contribution in [0.1, 0.15) is 271 Å². The lowest BCUT2D eigenvalue weighted by Gasteiger charge is -2.18. The summed E-state index contributed by atoms with van der Waals surface area (Å²) in [5.74, 6) is -0.904. The zero-order valence-corrected chi connectivity index (χ0v) is 41.1. The van der Waals surface area contributed by atoms with Gasteiger partial charge in [0.15, 0.2) is 6.10 Å². The lowest BCUT2D eigenvalue weighted by atomic mass is 10.0. The fourth-order valence-corrected chi connectivity index (χ4v) is 7.50. The highest BCUT2D eigenvalue weighted by atomic mass is 16.6. The third-order valence-electron chi connectivity index (χ3n) is 11.6. The molecule has 0 unspecified atom stereocenters. The first kappa shape index (κ1) is 59.4. The van der Waals surface area contributed by atoms with E-state index in [-0.39, 0.29) is 31.1 Å². The van der Waals surface area contributed by atoms with E-state index in [1.165, 1.54) is 141 Å². The van der Waals surface area contributed by atoms with Crippen molar-refractivity contribution in [2.45, 2.75) is 277 Å². The number of ether oxygens (including phenoxy) is 3. The van der Waals surface area contributed by atoms with E-state index in [0.717, 1.165) is 89.9 Å². The summed E-state index contributed by atoms with van der Waals surface area (Å²) in [5.41, 5.74) is 0. The Morgan fingerprint density at radius 3 is 0.952 bits per heavy atom. The summed E-state index contributed by atoms with van der Waals surface area (Å²) in [6.45, 7) is 6.59. The van der Waals surface area contributed by atoms with E-state index in [2.05, 4.69) is 69.4 Å². The number of esters is 3.